The van der Waals surface area contributed by atoms with Gasteiger partial charge in [-0.2, -0.15) is 0 Å². The van der Waals surface area contributed by atoms with Crippen molar-refractivity contribution in [2.75, 3.05) is 44.2 Å². The Morgan fingerprint density at radius 1 is 0.912 bits per heavy atom. The van der Waals surface area contributed by atoms with Crippen LogP contribution in [0.25, 0.3) is 11.3 Å². The number of piperidine rings is 1. The van der Waals surface area contributed by atoms with Crippen molar-refractivity contribution in [3.05, 3.63) is 66.4 Å². The van der Waals surface area contributed by atoms with Crippen LogP contribution in [0.4, 0.5) is 10.2 Å². The number of carbonyl (C=O) groups is 2. The number of halogens is 1. The van der Waals surface area contributed by atoms with Gasteiger partial charge >= 0.3 is 0 Å². The molecule has 0 aliphatic carbocycles. The molecule has 0 radical (unpaired) electrons. The SMILES string of the molecule is O=C(c1ccco1)N1CCN(C(=O)[C@H]2CCCN(c3ccc(-c4ccc(F)cc4)nn3)C2)CC1. The van der Waals surface area contributed by atoms with Gasteiger partial charge in [0.2, 0.25) is 5.91 Å². The van der Waals surface area contributed by atoms with Gasteiger partial charge in [-0.15, -0.1) is 10.2 Å². The number of piperazine rings is 1. The lowest BCUT2D eigenvalue weighted by Gasteiger charge is -2.39. The van der Waals surface area contributed by atoms with Crippen molar-refractivity contribution in [2.45, 2.75) is 12.8 Å². The lowest BCUT2D eigenvalue weighted by molar-refractivity contribution is -0.137. The highest BCUT2D eigenvalue weighted by molar-refractivity contribution is 5.91. The number of aromatic nitrogens is 2. The first-order valence-corrected chi connectivity index (χ1v) is 11.5. The first-order chi connectivity index (χ1) is 16.6. The summed E-state index contributed by atoms with van der Waals surface area (Å²) in [5, 5.41) is 8.67. The summed E-state index contributed by atoms with van der Waals surface area (Å²) in [4.78, 5) is 31.4. The average molecular weight is 464 g/mol. The number of furan rings is 1. The van der Waals surface area contributed by atoms with Crippen molar-refractivity contribution in [1.29, 1.82) is 0 Å². The van der Waals surface area contributed by atoms with Gasteiger partial charge in [0, 0.05) is 44.8 Å². The molecular weight excluding hydrogens is 437 g/mol. The molecule has 0 bridgehead atoms. The molecule has 1 aromatic carbocycles. The lowest BCUT2D eigenvalue weighted by Crippen LogP contribution is -2.53. The molecule has 4 heterocycles. The summed E-state index contributed by atoms with van der Waals surface area (Å²) in [6, 6.07) is 13.3. The minimum Gasteiger partial charge on any atom is -0.459 e. The average Bonchev–Trinajstić information content (AvgIpc) is 3.44. The fourth-order valence-corrected chi connectivity index (χ4v) is 4.60. The Kier molecular flexibility index (Phi) is 6.24. The topological polar surface area (TPSA) is 82.8 Å². The van der Waals surface area contributed by atoms with E-state index in [1.54, 1.807) is 29.2 Å². The maximum atomic E-state index is 13.2. The highest BCUT2D eigenvalue weighted by atomic mass is 19.1. The van der Waals surface area contributed by atoms with Crippen LogP contribution in [0.5, 0.6) is 0 Å². The van der Waals surface area contributed by atoms with E-state index >= 15 is 0 Å². The number of nitrogens with zero attached hydrogens (tertiary/aromatic N) is 5. The number of anilines is 1. The molecule has 9 heteroatoms. The van der Waals surface area contributed by atoms with Crippen molar-refractivity contribution < 1.29 is 18.4 Å². The fraction of sp³-hybridized carbons (Fsp3) is 0.360. The summed E-state index contributed by atoms with van der Waals surface area (Å²) in [6.07, 6.45) is 3.22. The minimum absolute atomic E-state index is 0.111. The van der Waals surface area contributed by atoms with E-state index in [4.69, 9.17) is 4.42 Å². The molecule has 5 rings (SSSR count). The van der Waals surface area contributed by atoms with Crippen molar-refractivity contribution in [3.63, 3.8) is 0 Å². The Morgan fingerprint density at radius 3 is 2.35 bits per heavy atom. The third-order valence-corrected chi connectivity index (χ3v) is 6.50. The first kappa shape index (κ1) is 22.1. The zero-order valence-electron chi connectivity index (χ0n) is 18.8. The first-order valence-electron chi connectivity index (χ1n) is 11.5. The molecule has 0 spiro atoms. The highest BCUT2D eigenvalue weighted by Crippen LogP contribution is 2.25. The Balaban J connectivity index is 1.18. The van der Waals surface area contributed by atoms with E-state index < -0.39 is 0 Å². The van der Waals surface area contributed by atoms with Crippen molar-refractivity contribution in [1.82, 2.24) is 20.0 Å². The van der Waals surface area contributed by atoms with Gasteiger partial charge in [0.25, 0.3) is 5.91 Å². The maximum absolute atomic E-state index is 13.2. The number of hydrogen-bond donors (Lipinski definition) is 0. The third-order valence-electron chi connectivity index (χ3n) is 6.50. The van der Waals surface area contributed by atoms with E-state index in [0.29, 0.717) is 44.2 Å². The largest absolute Gasteiger partial charge is 0.459 e. The van der Waals surface area contributed by atoms with Crippen LogP contribution in [0.2, 0.25) is 0 Å². The molecule has 176 valence electrons. The van der Waals surface area contributed by atoms with Crippen LogP contribution in [0, 0.1) is 11.7 Å². The molecule has 8 nitrogen and oxygen atoms in total. The Bertz CT molecular complexity index is 1130. The maximum Gasteiger partial charge on any atom is 0.289 e. The van der Waals surface area contributed by atoms with E-state index in [1.165, 1.54) is 18.4 Å². The Labute approximate surface area is 197 Å². The normalized spacial score (nSPS) is 18.7. The molecular formula is C25H26FN5O3. The van der Waals surface area contributed by atoms with Crippen LogP contribution < -0.4 is 4.90 Å². The van der Waals surface area contributed by atoms with Gasteiger partial charge in [0.1, 0.15) is 5.82 Å². The van der Waals surface area contributed by atoms with E-state index in [1.807, 2.05) is 17.0 Å². The smallest absolute Gasteiger partial charge is 0.289 e. The lowest BCUT2D eigenvalue weighted by atomic mass is 9.96. The zero-order chi connectivity index (χ0) is 23.5. The molecule has 3 aromatic rings. The summed E-state index contributed by atoms with van der Waals surface area (Å²) >= 11 is 0. The molecule has 2 fully saturated rings. The van der Waals surface area contributed by atoms with Crippen molar-refractivity contribution in [2.24, 2.45) is 5.92 Å². The number of hydrogen-bond acceptors (Lipinski definition) is 6. The molecule has 2 saturated heterocycles. The quantitative estimate of drug-likeness (QED) is 0.592. The van der Waals surface area contributed by atoms with Crippen molar-refractivity contribution in [3.8, 4) is 11.3 Å². The summed E-state index contributed by atoms with van der Waals surface area (Å²) in [6.45, 7) is 3.45. The highest BCUT2D eigenvalue weighted by Gasteiger charge is 2.33. The second kappa shape index (κ2) is 9.62. The predicted molar refractivity (Wildman–Crippen MR) is 124 cm³/mol. The number of rotatable bonds is 4. The van der Waals surface area contributed by atoms with E-state index in [0.717, 1.165) is 30.8 Å². The van der Waals surface area contributed by atoms with Crippen LogP contribution in [0.15, 0.2) is 59.2 Å². The third kappa shape index (κ3) is 4.64. The monoisotopic (exact) mass is 463 g/mol. The van der Waals surface area contributed by atoms with Crippen LogP contribution in [-0.2, 0) is 4.79 Å². The van der Waals surface area contributed by atoms with E-state index in [9.17, 15) is 14.0 Å². The van der Waals surface area contributed by atoms with Gasteiger partial charge in [-0.05, 0) is 61.4 Å². The standard InChI is InChI=1S/C25H26FN5O3/c26-20-7-5-18(6-8-20)21-9-10-23(28-27-21)31-11-1-3-19(17-31)24(32)29-12-14-30(15-13-29)25(33)22-4-2-16-34-22/h2,4-10,16,19H,1,3,11-15,17H2/t19-/m0/s1. The predicted octanol–water partition coefficient (Wildman–Crippen LogP) is 3.08. The molecule has 2 aliphatic heterocycles. The minimum atomic E-state index is -0.289. The van der Waals surface area contributed by atoms with E-state index in [-0.39, 0.29) is 23.5 Å². The van der Waals surface area contributed by atoms with Gasteiger partial charge in [-0.1, -0.05) is 0 Å². The van der Waals surface area contributed by atoms with Gasteiger partial charge in [0.05, 0.1) is 17.9 Å². The Morgan fingerprint density at radius 2 is 1.68 bits per heavy atom. The van der Waals surface area contributed by atoms with E-state index in [2.05, 4.69) is 15.1 Å². The summed E-state index contributed by atoms with van der Waals surface area (Å²) in [5.74, 6) is 0.656. The summed E-state index contributed by atoms with van der Waals surface area (Å²) < 4.78 is 18.4. The number of amides is 2. The molecule has 34 heavy (non-hydrogen) atoms. The van der Waals surface area contributed by atoms with Gasteiger partial charge in [-0.25, -0.2) is 4.39 Å². The molecule has 0 saturated carbocycles. The van der Waals surface area contributed by atoms with Gasteiger partial charge < -0.3 is 19.1 Å². The fourth-order valence-electron chi connectivity index (χ4n) is 4.60. The summed E-state index contributed by atoms with van der Waals surface area (Å²) in [5.41, 5.74) is 1.48. The molecule has 2 amide bonds. The second-order valence-electron chi connectivity index (χ2n) is 8.66. The van der Waals surface area contributed by atoms with Crippen LogP contribution >= 0.6 is 0 Å². The van der Waals surface area contributed by atoms with Gasteiger partial charge in [-0.3, -0.25) is 9.59 Å². The Hall–Kier alpha value is -3.75. The number of carbonyl (C=O) groups excluding carboxylic acids is 2. The van der Waals surface area contributed by atoms with Crippen molar-refractivity contribution >= 4 is 17.6 Å². The molecule has 1 atom stereocenters. The molecule has 0 N–H and O–H groups in total. The molecule has 2 aliphatic rings. The van der Waals surface area contributed by atoms with Crippen LogP contribution in [-0.4, -0.2) is 71.1 Å². The second-order valence-corrected chi connectivity index (χ2v) is 8.66. The summed E-state index contributed by atoms with van der Waals surface area (Å²) in [7, 11) is 0. The molecule has 2 aromatic heterocycles. The van der Waals surface area contributed by atoms with Gasteiger partial charge in [0.15, 0.2) is 11.6 Å². The number of benzene rings is 1. The van der Waals surface area contributed by atoms with Crippen LogP contribution in [0.3, 0.4) is 0 Å². The van der Waals surface area contributed by atoms with Crippen LogP contribution in [0.1, 0.15) is 23.4 Å². The molecule has 0 unspecified atom stereocenters. The zero-order valence-corrected chi connectivity index (χ0v) is 18.8.